The first-order chi connectivity index (χ1) is 7.25. The summed E-state index contributed by atoms with van der Waals surface area (Å²) >= 11 is 1.62. The highest BCUT2D eigenvalue weighted by Crippen LogP contribution is 2.26. The number of H-pyrrole nitrogens is 1. The number of thioether (sulfide) groups is 1. The molecule has 2 rings (SSSR count). The minimum atomic E-state index is 0.303. The molecule has 1 unspecified atom stereocenters. The van der Waals surface area contributed by atoms with Crippen molar-refractivity contribution in [3.8, 4) is 0 Å². The minimum Gasteiger partial charge on any atom is -0.299 e. The average Bonchev–Trinajstić information content (AvgIpc) is 2.77. The SMILES string of the molecule is Cc1nc(SCCC2CCCC2=O)n[nH]1. The fourth-order valence-corrected chi connectivity index (χ4v) is 2.77. The van der Waals surface area contributed by atoms with Crippen LogP contribution in [0.5, 0.6) is 0 Å². The number of aromatic amines is 1. The van der Waals surface area contributed by atoms with Gasteiger partial charge in [-0.25, -0.2) is 4.98 Å². The molecule has 15 heavy (non-hydrogen) atoms. The molecule has 0 aliphatic heterocycles. The van der Waals surface area contributed by atoms with Gasteiger partial charge in [0, 0.05) is 18.1 Å². The molecule has 1 saturated carbocycles. The largest absolute Gasteiger partial charge is 0.299 e. The molecular formula is C10H15N3OS. The molecule has 5 heteroatoms. The fraction of sp³-hybridized carbons (Fsp3) is 0.700. The van der Waals surface area contributed by atoms with Crippen LogP contribution in [-0.2, 0) is 4.79 Å². The minimum absolute atomic E-state index is 0.303. The topological polar surface area (TPSA) is 58.6 Å². The lowest BCUT2D eigenvalue weighted by molar-refractivity contribution is -0.120. The summed E-state index contributed by atoms with van der Waals surface area (Å²) in [5.41, 5.74) is 0. The zero-order valence-corrected chi connectivity index (χ0v) is 9.64. The predicted molar refractivity (Wildman–Crippen MR) is 58.8 cm³/mol. The van der Waals surface area contributed by atoms with Crippen molar-refractivity contribution in [3.05, 3.63) is 5.82 Å². The Morgan fingerprint density at radius 3 is 3.07 bits per heavy atom. The highest BCUT2D eigenvalue weighted by Gasteiger charge is 2.23. The van der Waals surface area contributed by atoms with E-state index in [2.05, 4.69) is 15.2 Å². The van der Waals surface area contributed by atoms with Gasteiger partial charge in [-0.3, -0.25) is 9.89 Å². The molecule has 1 heterocycles. The van der Waals surface area contributed by atoms with E-state index in [4.69, 9.17) is 0 Å². The Bertz CT molecular complexity index is 350. The van der Waals surface area contributed by atoms with Gasteiger partial charge < -0.3 is 0 Å². The molecule has 82 valence electrons. The van der Waals surface area contributed by atoms with Crippen LogP contribution >= 0.6 is 11.8 Å². The summed E-state index contributed by atoms with van der Waals surface area (Å²) in [6.45, 7) is 1.89. The van der Waals surface area contributed by atoms with Crippen molar-refractivity contribution in [1.82, 2.24) is 15.2 Å². The molecule has 0 spiro atoms. The van der Waals surface area contributed by atoms with Gasteiger partial charge in [0.25, 0.3) is 0 Å². The number of aromatic nitrogens is 3. The zero-order valence-electron chi connectivity index (χ0n) is 8.82. The van der Waals surface area contributed by atoms with E-state index in [9.17, 15) is 4.79 Å². The van der Waals surface area contributed by atoms with Gasteiger partial charge in [0.05, 0.1) is 0 Å². The van der Waals surface area contributed by atoms with Gasteiger partial charge in [0.15, 0.2) is 0 Å². The van der Waals surface area contributed by atoms with Crippen LogP contribution < -0.4 is 0 Å². The van der Waals surface area contributed by atoms with Crippen LogP contribution in [0.1, 0.15) is 31.5 Å². The molecule has 1 N–H and O–H groups in total. The second kappa shape index (κ2) is 4.79. The smallest absolute Gasteiger partial charge is 0.208 e. The van der Waals surface area contributed by atoms with E-state index in [1.807, 2.05) is 6.92 Å². The maximum absolute atomic E-state index is 11.4. The molecular weight excluding hydrogens is 210 g/mol. The standard InChI is InChI=1S/C10H15N3OS/c1-7-11-10(13-12-7)15-6-5-8-3-2-4-9(8)14/h8H,2-6H2,1H3,(H,11,12,13). The molecule has 1 atom stereocenters. The number of carbonyl (C=O) groups is 1. The first kappa shape index (κ1) is 10.7. The molecule has 4 nitrogen and oxygen atoms in total. The van der Waals surface area contributed by atoms with Crippen molar-refractivity contribution in [2.45, 2.75) is 37.8 Å². The lowest BCUT2D eigenvalue weighted by Gasteiger charge is -2.04. The van der Waals surface area contributed by atoms with Gasteiger partial charge >= 0.3 is 0 Å². The van der Waals surface area contributed by atoms with Crippen LogP contribution in [0.15, 0.2) is 5.16 Å². The molecule has 0 saturated heterocycles. The lowest BCUT2D eigenvalue weighted by atomic mass is 10.1. The molecule has 1 aromatic heterocycles. The number of rotatable bonds is 4. The van der Waals surface area contributed by atoms with Gasteiger partial charge in [-0.05, 0) is 26.2 Å². The van der Waals surface area contributed by atoms with E-state index in [-0.39, 0.29) is 0 Å². The van der Waals surface area contributed by atoms with Gasteiger partial charge in [-0.2, -0.15) is 0 Å². The first-order valence-corrected chi connectivity index (χ1v) is 6.29. The van der Waals surface area contributed by atoms with Crippen molar-refractivity contribution in [2.24, 2.45) is 5.92 Å². The number of carbonyl (C=O) groups excluding carboxylic acids is 1. The van der Waals surface area contributed by atoms with Crippen LogP contribution in [0.4, 0.5) is 0 Å². The van der Waals surface area contributed by atoms with Gasteiger partial charge in [-0.1, -0.05) is 11.8 Å². The molecule has 1 aromatic rings. The number of hydrogen-bond donors (Lipinski definition) is 1. The normalized spacial score (nSPS) is 21.1. The summed E-state index contributed by atoms with van der Waals surface area (Å²) in [5, 5.41) is 7.64. The Balaban J connectivity index is 1.73. The number of nitrogens with one attached hydrogen (secondary N) is 1. The summed E-state index contributed by atoms with van der Waals surface area (Å²) in [5.74, 6) is 2.53. The molecule has 0 amide bonds. The summed E-state index contributed by atoms with van der Waals surface area (Å²) in [6.07, 6.45) is 3.91. The molecule has 1 aliphatic rings. The van der Waals surface area contributed by atoms with Crippen LogP contribution in [0, 0.1) is 12.8 Å². The monoisotopic (exact) mass is 225 g/mol. The molecule has 0 aromatic carbocycles. The van der Waals surface area contributed by atoms with Crippen molar-refractivity contribution < 1.29 is 4.79 Å². The quantitative estimate of drug-likeness (QED) is 0.796. The Morgan fingerprint density at radius 2 is 2.47 bits per heavy atom. The number of Topliss-reactive ketones (excluding diaryl/α,β-unsaturated/α-hetero) is 1. The zero-order chi connectivity index (χ0) is 10.7. The Morgan fingerprint density at radius 1 is 1.60 bits per heavy atom. The Hall–Kier alpha value is -0.840. The van der Waals surface area contributed by atoms with E-state index >= 15 is 0 Å². The van der Waals surface area contributed by atoms with Crippen molar-refractivity contribution in [2.75, 3.05) is 5.75 Å². The van der Waals surface area contributed by atoms with Gasteiger partial charge in [0.1, 0.15) is 11.6 Å². The number of hydrogen-bond acceptors (Lipinski definition) is 4. The average molecular weight is 225 g/mol. The highest BCUT2D eigenvalue weighted by atomic mass is 32.2. The fourth-order valence-electron chi connectivity index (χ4n) is 1.87. The van der Waals surface area contributed by atoms with E-state index < -0.39 is 0 Å². The summed E-state index contributed by atoms with van der Waals surface area (Å²) in [7, 11) is 0. The second-order valence-corrected chi connectivity index (χ2v) is 4.96. The Labute approximate surface area is 93.2 Å². The third-order valence-corrected chi connectivity index (χ3v) is 3.59. The summed E-state index contributed by atoms with van der Waals surface area (Å²) in [6, 6.07) is 0. The number of ketones is 1. The Kier molecular flexibility index (Phi) is 3.41. The maximum Gasteiger partial charge on any atom is 0.208 e. The second-order valence-electron chi connectivity index (χ2n) is 3.90. The third-order valence-electron chi connectivity index (χ3n) is 2.71. The van der Waals surface area contributed by atoms with Crippen LogP contribution in [0.3, 0.4) is 0 Å². The van der Waals surface area contributed by atoms with Crippen LogP contribution in [0.2, 0.25) is 0 Å². The van der Waals surface area contributed by atoms with Crippen LogP contribution in [0.25, 0.3) is 0 Å². The molecule has 0 radical (unpaired) electrons. The van der Waals surface area contributed by atoms with Crippen LogP contribution in [-0.4, -0.2) is 26.7 Å². The number of nitrogens with zero attached hydrogens (tertiary/aromatic N) is 2. The summed E-state index contributed by atoms with van der Waals surface area (Å²) in [4.78, 5) is 15.6. The predicted octanol–water partition coefficient (Wildman–Crippen LogP) is 1.96. The van der Waals surface area contributed by atoms with Crippen molar-refractivity contribution in [1.29, 1.82) is 0 Å². The van der Waals surface area contributed by atoms with Gasteiger partial charge in [0.2, 0.25) is 5.16 Å². The molecule has 1 aliphatic carbocycles. The summed E-state index contributed by atoms with van der Waals surface area (Å²) < 4.78 is 0. The van der Waals surface area contributed by atoms with E-state index in [1.165, 1.54) is 0 Å². The lowest BCUT2D eigenvalue weighted by Crippen LogP contribution is -2.06. The molecule has 0 bridgehead atoms. The number of aryl methyl sites for hydroxylation is 1. The van der Waals surface area contributed by atoms with Crippen molar-refractivity contribution in [3.63, 3.8) is 0 Å². The first-order valence-electron chi connectivity index (χ1n) is 5.30. The third kappa shape index (κ3) is 2.81. The molecule has 1 fully saturated rings. The van der Waals surface area contributed by atoms with Gasteiger partial charge in [-0.15, -0.1) is 5.10 Å². The van der Waals surface area contributed by atoms with E-state index in [0.29, 0.717) is 11.7 Å². The van der Waals surface area contributed by atoms with E-state index in [0.717, 1.165) is 42.4 Å². The maximum atomic E-state index is 11.4. The van der Waals surface area contributed by atoms with E-state index in [1.54, 1.807) is 11.8 Å². The van der Waals surface area contributed by atoms with Crippen molar-refractivity contribution >= 4 is 17.5 Å². The highest BCUT2D eigenvalue weighted by molar-refractivity contribution is 7.99.